The average molecular weight is 208 g/mol. The standard InChI is InChI=1S/C9H9FN4O/c10-7-1-2-8(6(3-7)4-11)14-5-12-13-9(14)15/h1-3,5H,4,11H2,(H,13,15). The first-order chi connectivity index (χ1) is 7.22. The largest absolute Gasteiger partial charge is 0.347 e. The van der Waals surface area contributed by atoms with Gasteiger partial charge in [0, 0.05) is 6.54 Å². The van der Waals surface area contributed by atoms with Crippen molar-refractivity contribution >= 4 is 0 Å². The summed E-state index contributed by atoms with van der Waals surface area (Å²) >= 11 is 0. The summed E-state index contributed by atoms with van der Waals surface area (Å²) in [5.74, 6) is -0.379. The maximum absolute atomic E-state index is 12.9. The molecule has 0 fully saturated rings. The third-order valence-corrected chi connectivity index (χ3v) is 2.07. The quantitative estimate of drug-likeness (QED) is 0.738. The van der Waals surface area contributed by atoms with Gasteiger partial charge in [-0.2, -0.15) is 5.10 Å². The van der Waals surface area contributed by atoms with Gasteiger partial charge < -0.3 is 5.73 Å². The molecule has 0 atom stereocenters. The minimum absolute atomic E-state index is 0.157. The molecule has 0 amide bonds. The van der Waals surface area contributed by atoms with Gasteiger partial charge in [-0.25, -0.2) is 18.9 Å². The van der Waals surface area contributed by atoms with Crippen LogP contribution < -0.4 is 11.4 Å². The summed E-state index contributed by atoms with van der Waals surface area (Å²) in [5.41, 5.74) is 6.18. The highest BCUT2D eigenvalue weighted by Gasteiger charge is 2.07. The molecule has 1 aromatic heterocycles. The lowest BCUT2D eigenvalue weighted by Gasteiger charge is -2.06. The lowest BCUT2D eigenvalue weighted by atomic mass is 10.1. The van der Waals surface area contributed by atoms with Crippen molar-refractivity contribution in [3.05, 3.63) is 46.4 Å². The molecule has 5 nitrogen and oxygen atoms in total. The van der Waals surface area contributed by atoms with E-state index in [1.54, 1.807) is 0 Å². The highest BCUT2D eigenvalue weighted by Crippen LogP contribution is 2.13. The Bertz CT molecular complexity index is 531. The first-order valence-electron chi connectivity index (χ1n) is 4.33. The average Bonchev–Trinajstić information content (AvgIpc) is 2.64. The van der Waals surface area contributed by atoms with Crippen molar-refractivity contribution in [3.63, 3.8) is 0 Å². The van der Waals surface area contributed by atoms with Crippen LogP contribution in [0.5, 0.6) is 0 Å². The Labute approximate surface area is 84.3 Å². The number of aromatic nitrogens is 3. The van der Waals surface area contributed by atoms with E-state index in [1.165, 1.54) is 29.1 Å². The van der Waals surface area contributed by atoms with Gasteiger partial charge in [-0.1, -0.05) is 0 Å². The van der Waals surface area contributed by atoms with Gasteiger partial charge in [0.1, 0.15) is 12.1 Å². The molecule has 0 radical (unpaired) electrons. The van der Waals surface area contributed by atoms with Gasteiger partial charge >= 0.3 is 5.69 Å². The molecule has 3 N–H and O–H groups in total. The smallest absolute Gasteiger partial charge is 0.326 e. The van der Waals surface area contributed by atoms with Gasteiger partial charge in [-0.05, 0) is 23.8 Å². The van der Waals surface area contributed by atoms with Crippen LogP contribution in [0.3, 0.4) is 0 Å². The minimum atomic E-state index is -0.379. The van der Waals surface area contributed by atoms with Crippen LogP contribution in [0.4, 0.5) is 4.39 Å². The summed E-state index contributed by atoms with van der Waals surface area (Å²) in [4.78, 5) is 11.3. The van der Waals surface area contributed by atoms with Crippen LogP contribution in [-0.4, -0.2) is 14.8 Å². The number of nitrogens with one attached hydrogen (secondary N) is 1. The second-order valence-electron chi connectivity index (χ2n) is 3.01. The number of rotatable bonds is 2. The normalized spacial score (nSPS) is 10.5. The van der Waals surface area contributed by atoms with E-state index in [9.17, 15) is 9.18 Å². The van der Waals surface area contributed by atoms with E-state index in [-0.39, 0.29) is 18.1 Å². The fourth-order valence-corrected chi connectivity index (χ4v) is 1.37. The number of nitrogens with zero attached hydrogens (tertiary/aromatic N) is 2. The van der Waals surface area contributed by atoms with E-state index in [4.69, 9.17) is 5.73 Å². The molecular weight excluding hydrogens is 199 g/mol. The molecule has 0 aliphatic carbocycles. The predicted octanol–water partition coefficient (Wildman–Crippen LogP) is 0.158. The molecule has 0 unspecified atom stereocenters. The van der Waals surface area contributed by atoms with Gasteiger partial charge in [0.15, 0.2) is 0 Å². The summed E-state index contributed by atoms with van der Waals surface area (Å²) in [6, 6.07) is 4.07. The van der Waals surface area contributed by atoms with Crippen LogP contribution >= 0.6 is 0 Å². The second-order valence-corrected chi connectivity index (χ2v) is 3.01. The molecule has 15 heavy (non-hydrogen) atoms. The highest BCUT2D eigenvalue weighted by atomic mass is 19.1. The van der Waals surface area contributed by atoms with Crippen molar-refractivity contribution in [1.29, 1.82) is 0 Å². The number of benzene rings is 1. The van der Waals surface area contributed by atoms with Crippen LogP contribution in [0.25, 0.3) is 5.69 Å². The van der Waals surface area contributed by atoms with Crippen molar-refractivity contribution in [2.45, 2.75) is 6.54 Å². The summed E-state index contributed by atoms with van der Waals surface area (Å²) in [6.07, 6.45) is 1.33. The first kappa shape index (κ1) is 9.60. The van der Waals surface area contributed by atoms with Crippen LogP contribution in [0.1, 0.15) is 5.56 Å². The van der Waals surface area contributed by atoms with E-state index < -0.39 is 0 Å². The lowest BCUT2D eigenvalue weighted by Crippen LogP contribution is -2.16. The Balaban J connectivity index is 2.63. The Kier molecular flexibility index (Phi) is 2.34. The number of halogens is 1. The molecule has 78 valence electrons. The highest BCUT2D eigenvalue weighted by molar-refractivity contribution is 5.40. The summed E-state index contributed by atoms with van der Waals surface area (Å²) in [5, 5.41) is 5.84. The predicted molar refractivity (Wildman–Crippen MR) is 52.0 cm³/mol. The van der Waals surface area contributed by atoms with Crippen LogP contribution in [0.15, 0.2) is 29.3 Å². The van der Waals surface area contributed by atoms with Crippen molar-refractivity contribution in [1.82, 2.24) is 14.8 Å². The topological polar surface area (TPSA) is 76.7 Å². The van der Waals surface area contributed by atoms with Crippen molar-refractivity contribution < 1.29 is 4.39 Å². The summed E-state index contributed by atoms with van der Waals surface area (Å²) in [7, 11) is 0. The fraction of sp³-hybridized carbons (Fsp3) is 0.111. The van der Waals surface area contributed by atoms with Gasteiger partial charge in [-0.3, -0.25) is 0 Å². The molecule has 0 bridgehead atoms. The maximum Gasteiger partial charge on any atom is 0.347 e. The molecule has 1 heterocycles. The van der Waals surface area contributed by atoms with Gasteiger partial charge in [-0.15, -0.1) is 0 Å². The van der Waals surface area contributed by atoms with Crippen molar-refractivity contribution in [2.24, 2.45) is 5.73 Å². The minimum Gasteiger partial charge on any atom is -0.326 e. The Morgan fingerprint density at radius 3 is 2.93 bits per heavy atom. The maximum atomic E-state index is 12.9. The van der Waals surface area contributed by atoms with E-state index in [0.29, 0.717) is 11.3 Å². The van der Waals surface area contributed by atoms with Crippen LogP contribution in [-0.2, 0) is 6.54 Å². The van der Waals surface area contributed by atoms with E-state index in [2.05, 4.69) is 10.2 Å². The molecule has 0 aliphatic rings. The zero-order valence-corrected chi connectivity index (χ0v) is 7.77. The third kappa shape index (κ3) is 1.66. The van der Waals surface area contributed by atoms with E-state index in [1.807, 2.05) is 0 Å². The number of H-pyrrole nitrogens is 1. The van der Waals surface area contributed by atoms with Crippen LogP contribution in [0.2, 0.25) is 0 Å². The number of hydrogen-bond donors (Lipinski definition) is 2. The SMILES string of the molecule is NCc1cc(F)ccc1-n1cn[nH]c1=O. The van der Waals surface area contributed by atoms with E-state index in [0.717, 1.165) is 0 Å². The van der Waals surface area contributed by atoms with Gasteiger partial charge in [0.2, 0.25) is 0 Å². The number of hydrogen-bond acceptors (Lipinski definition) is 3. The monoisotopic (exact) mass is 208 g/mol. The molecular formula is C9H9FN4O. The lowest BCUT2D eigenvalue weighted by molar-refractivity contribution is 0.624. The Morgan fingerprint density at radius 2 is 2.33 bits per heavy atom. The molecule has 0 spiro atoms. The molecule has 0 saturated carbocycles. The van der Waals surface area contributed by atoms with Gasteiger partial charge in [0.25, 0.3) is 0 Å². The van der Waals surface area contributed by atoms with Crippen LogP contribution in [0, 0.1) is 5.82 Å². The van der Waals surface area contributed by atoms with Gasteiger partial charge in [0.05, 0.1) is 5.69 Å². The van der Waals surface area contributed by atoms with Crippen molar-refractivity contribution in [3.8, 4) is 5.69 Å². The molecule has 6 heteroatoms. The van der Waals surface area contributed by atoms with E-state index >= 15 is 0 Å². The third-order valence-electron chi connectivity index (χ3n) is 2.07. The Hall–Kier alpha value is -1.95. The van der Waals surface area contributed by atoms with Crippen molar-refractivity contribution in [2.75, 3.05) is 0 Å². The fourth-order valence-electron chi connectivity index (χ4n) is 1.37. The summed E-state index contributed by atoms with van der Waals surface area (Å²) in [6.45, 7) is 0.157. The Morgan fingerprint density at radius 1 is 1.53 bits per heavy atom. The zero-order valence-electron chi connectivity index (χ0n) is 7.77. The molecule has 1 aromatic carbocycles. The zero-order chi connectivity index (χ0) is 10.8. The number of nitrogens with two attached hydrogens (primary N) is 1. The summed E-state index contributed by atoms with van der Waals surface area (Å²) < 4.78 is 14.2. The molecule has 2 rings (SSSR count). The number of aromatic amines is 1. The molecule has 0 saturated heterocycles. The first-order valence-corrected chi connectivity index (χ1v) is 4.33. The molecule has 2 aromatic rings. The molecule has 0 aliphatic heterocycles. The second kappa shape index (κ2) is 3.66.